The zero-order chi connectivity index (χ0) is 22.1. The predicted molar refractivity (Wildman–Crippen MR) is 129 cm³/mol. The molecular weight excluding hydrogens is 625 g/mol. The van der Waals surface area contributed by atoms with Crippen LogP contribution in [0.1, 0.15) is 36.3 Å². The maximum atomic E-state index is 13.1. The Morgan fingerprint density at radius 3 is 2.52 bits per heavy atom. The van der Waals surface area contributed by atoms with Crippen LogP contribution in [0, 0.1) is 24.3 Å². The van der Waals surface area contributed by atoms with Gasteiger partial charge in [-0.3, -0.25) is 4.79 Å². The van der Waals surface area contributed by atoms with E-state index < -0.39 is 5.92 Å². The van der Waals surface area contributed by atoms with E-state index in [1.54, 1.807) is 12.1 Å². The van der Waals surface area contributed by atoms with E-state index in [-0.39, 0.29) is 23.1 Å². The third-order valence-electron chi connectivity index (χ3n) is 5.26. The SMILES string of the molecule is N#CC1=C(N)OC2=C(C(=O)CCC2)[C@H]1c1cc(I)c(OCc2ccc(F)cc2)c(I)c1. The second-order valence-corrected chi connectivity index (χ2v) is 9.59. The van der Waals surface area contributed by atoms with Gasteiger partial charge in [0.2, 0.25) is 5.88 Å². The zero-order valence-corrected chi connectivity index (χ0v) is 20.6. The van der Waals surface area contributed by atoms with E-state index in [4.69, 9.17) is 15.2 Å². The fourth-order valence-electron chi connectivity index (χ4n) is 3.81. The number of nitrogens with zero attached hydrogens (tertiary/aromatic N) is 1. The summed E-state index contributed by atoms with van der Waals surface area (Å²) in [5, 5.41) is 9.74. The average Bonchev–Trinajstić information content (AvgIpc) is 2.73. The van der Waals surface area contributed by atoms with Crippen molar-refractivity contribution >= 4 is 51.0 Å². The van der Waals surface area contributed by atoms with Crippen LogP contribution in [0.4, 0.5) is 4.39 Å². The lowest BCUT2D eigenvalue weighted by Gasteiger charge is -2.31. The van der Waals surface area contributed by atoms with E-state index in [1.807, 2.05) is 12.1 Å². The summed E-state index contributed by atoms with van der Waals surface area (Å²) >= 11 is 4.36. The van der Waals surface area contributed by atoms with Crippen molar-refractivity contribution in [2.24, 2.45) is 5.73 Å². The molecule has 0 saturated heterocycles. The monoisotopic (exact) mass is 642 g/mol. The number of hydrogen-bond acceptors (Lipinski definition) is 5. The summed E-state index contributed by atoms with van der Waals surface area (Å²) < 4.78 is 26.4. The van der Waals surface area contributed by atoms with Gasteiger partial charge in [0.05, 0.1) is 13.1 Å². The van der Waals surface area contributed by atoms with E-state index in [9.17, 15) is 14.4 Å². The fraction of sp³-hybridized carbons (Fsp3) is 0.217. The van der Waals surface area contributed by atoms with Crippen molar-refractivity contribution in [1.82, 2.24) is 0 Å². The summed E-state index contributed by atoms with van der Waals surface area (Å²) in [6.45, 7) is 0.299. The molecule has 5 nitrogen and oxygen atoms in total. The molecule has 0 saturated carbocycles. The quantitative estimate of drug-likeness (QED) is 0.450. The van der Waals surface area contributed by atoms with Gasteiger partial charge in [-0.2, -0.15) is 5.26 Å². The van der Waals surface area contributed by atoms with Crippen molar-refractivity contribution in [1.29, 1.82) is 5.26 Å². The Morgan fingerprint density at radius 1 is 1.19 bits per heavy atom. The molecule has 2 aromatic carbocycles. The molecule has 0 unspecified atom stereocenters. The lowest BCUT2D eigenvalue weighted by Crippen LogP contribution is -2.27. The maximum absolute atomic E-state index is 13.1. The number of nitrogens with two attached hydrogens (primary N) is 1. The highest BCUT2D eigenvalue weighted by molar-refractivity contribution is 14.1. The molecule has 31 heavy (non-hydrogen) atoms. The minimum absolute atomic E-state index is 0.00634. The Balaban J connectivity index is 1.69. The fourth-order valence-corrected chi connectivity index (χ4v) is 5.94. The Labute approximate surface area is 206 Å². The molecule has 1 atom stereocenters. The van der Waals surface area contributed by atoms with Gasteiger partial charge in [0.1, 0.15) is 35.6 Å². The third kappa shape index (κ3) is 4.43. The van der Waals surface area contributed by atoms with Gasteiger partial charge >= 0.3 is 0 Å². The number of allylic oxidation sites excluding steroid dienone is 3. The molecule has 2 aliphatic rings. The lowest BCUT2D eigenvalue weighted by molar-refractivity contribution is -0.116. The standard InChI is InChI=1S/C23H17FI2N2O3/c24-14-6-4-12(5-7-14)11-30-22-16(25)8-13(9-17(22)26)20-15(10-27)23(28)31-19-3-1-2-18(29)21(19)20/h4-9,20H,1-3,11,28H2/t20-/m0/s1. The van der Waals surface area contributed by atoms with Crippen LogP contribution in [0.15, 0.2) is 59.2 Å². The first kappa shape index (κ1) is 22.1. The number of halogens is 3. The molecule has 1 aliphatic heterocycles. The molecule has 4 rings (SSSR count). The highest BCUT2D eigenvalue weighted by Crippen LogP contribution is 2.45. The normalized spacial score (nSPS) is 18.4. The van der Waals surface area contributed by atoms with Gasteiger partial charge in [-0.25, -0.2) is 4.39 Å². The molecule has 0 spiro atoms. The molecular formula is C23H17FI2N2O3. The molecule has 0 aromatic heterocycles. The van der Waals surface area contributed by atoms with Crippen LogP contribution in [0.5, 0.6) is 5.75 Å². The minimum atomic E-state index is -0.547. The number of hydrogen-bond donors (Lipinski definition) is 1. The summed E-state index contributed by atoms with van der Waals surface area (Å²) in [5.74, 6) is 0.478. The van der Waals surface area contributed by atoms with Gasteiger partial charge < -0.3 is 15.2 Å². The Kier molecular flexibility index (Phi) is 6.52. The maximum Gasteiger partial charge on any atom is 0.205 e. The van der Waals surface area contributed by atoms with Gasteiger partial charge in [0.25, 0.3) is 0 Å². The first-order chi connectivity index (χ1) is 14.9. The van der Waals surface area contributed by atoms with E-state index >= 15 is 0 Å². The highest BCUT2D eigenvalue weighted by atomic mass is 127. The Hall–Kier alpha value is -2.13. The van der Waals surface area contributed by atoms with Crippen LogP contribution < -0.4 is 10.5 Å². The smallest absolute Gasteiger partial charge is 0.205 e. The molecule has 158 valence electrons. The van der Waals surface area contributed by atoms with Gasteiger partial charge in [0.15, 0.2) is 5.78 Å². The molecule has 0 bridgehead atoms. The van der Waals surface area contributed by atoms with Crippen LogP contribution in [-0.4, -0.2) is 5.78 Å². The predicted octanol–water partition coefficient (Wildman–Crippen LogP) is 5.43. The minimum Gasteiger partial charge on any atom is -0.487 e. The Bertz CT molecular complexity index is 1140. The zero-order valence-electron chi connectivity index (χ0n) is 16.3. The number of rotatable bonds is 4. The second kappa shape index (κ2) is 9.16. The largest absolute Gasteiger partial charge is 0.487 e. The number of benzene rings is 2. The third-order valence-corrected chi connectivity index (χ3v) is 6.86. The summed E-state index contributed by atoms with van der Waals surface area (Å²) in [5.41, 5.74) is 8.47. The molecule has 2 aromatic rings. The first-order valence-electron chi connectivity index (χ1n) is 9.59. The van der Waals surface area contributed by atoms with Crippen molar-refractivity contribution in [2.75, 3.05) is 0 Å². The van der Waals surface area contributed by atoms with Crippen LogP contribution >= 0.6 is 45.2 Å². The number of ketones is 1. The topological polar surface area (TPSA) is 85.3 Å². The average molecular weight is 642 g/mol. The van der Waals surface area contributed by atoms with Crippen molar-refractivity contribution < 1.29 is 18.7 Å². The molecule has 2 N–H and O–H groups in total. The summed E-state index contributed by atoms with van der Waals surface area (Å²) in [6, 6.07) is 12.1. The molecule has 0 radical (unpaired) electrons. The van der Waals surface area contributed by atoms with Crippen molar-refractivity contribution in [3.63, 3.8) is 0 Å². The van der Waals surface area contributed by atoms with Gasteiger partial charge in [-0.05, 0) is 87.0 Å². The van der Waals surface area contributed by atoms with E-state index in [2.05, 4.69) is 51.3 Å². The Morgan fingerprint density at radius 2 is 1.87 bits per heavy atom. The van der Waals surface area contributed by atoms with Gasteiger partial charge in [-0.1, -0.05) is 12.1 Å². The molecule has 1 aliphatic carbocycles. The number of carbonyl (C=O) groups excluding carboxylic acids is 1. The van der Waals surface area contributed by atoms with Crippen LogP contribution in [0.3, 0.4) is 0 Å². The van der Waals surface area contributed by atoms with E-state index in [0.29, 0.717) is 43.0 Å². The number of Topliss-reactive ketones (excluding diaryl/α,β-unsaturated/α-hetero) is 1. The summed E-state index contributed by atoms with van der Waals surface area (Å²) in [4.78, 5) is 12.7. The summed E-state index contributed by atoms with van der Waals surface area (Å²) in [6.07, 6.45) is 1.78. The van der Waals surface area contributed by atoms with Crippen molar-refractivity contribution in [2.45, 2.75) is 31.8 Å². The number of nitriles is 1. The summed E-state index contributed by atoms with van der Waals surface area (Å²) in [7, 11) is 0. The second-order valence-electron chi connectivity index (χ2n) is 7.27. The molecule has 0 fully saturated rings. The first-order valence-corrected chi connectivity index (χ1v) is 11.7. The van der Waals surface area contributed by atoms with Crippen LogP contribution in [0.25, 0.3) is 0 Å². The number of ether oxygens (including phenoxy) is 2. The van der Waals surface area contributed by atoms with Crippen molar-refractivity contribution in [3.8, 4) is 11.8 Å². The highest BCUT2D eigenvalue weighted by Gasteiger charge is 2.38. The molecule has 1 heterocycles. The number of carbonyl (C=O) groups is 1. The van der Waals surface area contributed by atoms with Crippen LogP contribution in [-0.2, 0) is 16.1 Å². The van der Waals surface area contributed by atoms with Crippen molar-refractivity contribution in [3.05, 3.63) is 83.3 Å². The van der Waals surface area contributed by atoms with E-state index in [0.717, 1.165) is 18.3 Å². The molecule has 0 amide bonds. The van der Waals surface area contributed by atoms with E-state index in [1.165, 1.54) is 12.1 Å². The van der Waals surface area contributed by atoms with Gasteiger partial charge in [-0.15, -0.1) is 0 Å². The lowest BCUT2D eigenvalue weighted by atomic mass is 9.77. The molecule has 8 heteroatoms. The van der Waals surface area contributed by atoms with Gasteiger partial charge in [0, 0.05) is 18.4 Å². The van der Waals surface area contributed by atoms with Crippen LogP contribution in [0.2, 0.25) is 0 Å².